The Morgan fingerprint density at radius 3 is 2.68 bits per heavy atom. The molecule has 19 heavy (non-hydrogen) atoms. The Balaban J connectivity index is 1.75. The molecular formula is C13H16FNO2S2. The van der Waals surface area contributed by atoms with Crippen LogP contribution in [0.5, 0.6) is 0 Å². The number of thioether (sulfide) groups is 1. The maximum Gasteiger partial charge on any atom is 0.223 e. The molecule has 0 aromatic heterocycles. The van der Waals surface area contributed by atoms with E-state index in [1.54, 1.807) is 23.1 Å². The zero-order chi connectivity index (χ0) is 13.7. The van der Waals surface area contributed by atoms with Gasteiger partial charge in [0.25, 0.3) is 0 Å². The summed E-state index contributed by atoms with van der Waals surface area (Å²) < 4.78 is 24.6. The maximum atomic E-state index is 13.4. The molecule has 0 unspecified atom stereocenters. The topological polar surface area (TPSA) is 37.4 Å². The number of rotatable bonds is 4. The standard InChI is InChI=1S/C13H16FNO2S2/c14-11-3-1-2-4-12(11)18-8-5-13(16)15-6-9-19(17)10-7-15/h1-4H,5-10H2. The molecule has 1 aromatic rings. The molecule has 2 rings (SSSR count). The molecule has 104 valence electrons. The van der Waals surface area contributed by atoms with E-state index in [0.717, 1.165) is 0 Å². The number of halogens is 1. The van der Waals surface area contributed by atoms with E-state index >= 15 is 0 Å². The molecule has 1 amide bonds. The van der Waals surface area contributed by atoms with Crippen LogP contribution in [0.3, 0.4) is 0 Å². The minimum absolute atomic E-state index is 0.0699. The zero-order valence-corrected chi connectivity index (χ0v) is 12.1. The van der Waals surface area contributed by atoms with Crippen LogP contribution in [0.1, 0.15) is 6.42 Å². The highest BCUT2D eigenvalue weighted by Gasteiger charge is 2.19. The minimum atomic E-state index is -0.765. The van der Waals surface area contributed by atoms with Crippen LogP contribution >= 0.6 is 11.8 Å². The second-order valence-electron chi connectivity index (χ2n) is 4.26. The van der Waals surface area contributed by atoms with E-state index in [2.05, 4.69) is 0 Å². The van der Waals surface area contributed by atoms with Crippen molar-refractivity contribution in [1.82, 2.24) is 4.90 Å². The lowest BCUT2D eigenvalue weighted by Gasteiger charge is -2.26. The van der Waals surface area contributed by atoms with Gasteiger partial charge in [0.05, 0.1) is 0 Å². The smallest absolute Gasteiger partial charge is 0.223 e. The summed E-state index contributed by atoms with van der Waals surface area (Å²) in [6.45, 7) is 1.16. The van der Waals surface area contributed by atoms with E-state index in [1.165, 1.54) is 17.8 Å². The Bertz CT molecular complexity index is 471. The van der Waals surface area contributed by atoms with Crippen LogP contribution in [-0.4, -0.2) is 45.4 Å². The van der Waals surface area contributed by atoms with Crippen molar-refractivity contribution < 1.29 is 13.4 Å². The summed E-state index contributed by atoms with van der Waals surface area (Å²) in [5, 5.41) is 0. The van der Waals surface area contributed by atoms with Crippen LogP contribution in [0.15, 0.2) is 29.2 Å². The molecule has 0 N–H and O–H groups in total. The van der Waals surface area contributed by atoms with Gasteiger partial charge in [-0.2, -0.15) is 0 Å². The van der Waals surface area contributed by atoms with Crippen LogP contribution in [0.25, 0.3) is 0 Å². The first kappa shape index (κ1) is 14.5. The Kier molecular flexibility index (Phi) is 5.39. The van der Waals surface area contributed by atoms with Gasteiger partial charge in [0.1, 0.15) is 5.82 Å². The summed E-state index contributed by atoms with van der Waals surface area (Å²) in [4.78, 5) is 14.2. The minimum Gasteiger partial charge on any atom is -0.341 e. The summed E-state index contributed by atoms with van der Waals surface area (Å²) in [5.41, 5.74) is 0. The van der Waals surface area contributed by atoms with E-state index < -0.39 is 10.8 Å². The maximum absolute atomic E-state index is 13.4. The predicted octanol–water partition coefficient (Wildman–Crippen LogP) is 1.90. The number of nitrogens with zero attached hydrogens (tertiary/aromatic N) is 1. The van der Waals surface area contributed by atoms with Gasteiger partial charge in [0.15, 0.2) is 0 Å². The highest BCUT2D eigenvalue weighted by atomic mass is 32.2. The average molecular weight is 301 g/mol. The first-order valence-corrected chi connectivity index (χ1v) is 8.64. The van der Waals surface area contributed by atoms with Crippen molar-refractivity contribution in [3.63, 3.8) is 0 Å². The molecule has 1 aliphatic heterocycles. The third-order valence-corrected chi connectivity index (χ3v) is 5.27. The summed E-state index contributed by atoms with van der Waals surface area (Å²) in [6, 6.07) is 6.57. The zero-order valence-electron chi connectivity index (χ0n) is 10.5. The lowest BCUT2D eigenvalue weighted by molar-refractivity contribution is -0.130. The number of carbonyl (C=O) groups is 1. The van der Waals surface area contributed by atoms with E-state index in [1.807, 2.05) is 0 Å². The molecule has 1 heterocycles. The Morgan fingerprint density at radius 1 is 1.32 bits per heavy atom. The molecule has 1 saturated heterocycles. The third-order valence-electron chi connectivity index (χ3n) is 2.94. The fraction of sp³-hybridized carbons (Fsp3) is 0.462. The number of hydrogen-bond donors (Lipinski definition) is 0. The number of benzene rings is 1. The van der Waals surface area contributed by atoms with E-state index in [-0.39, 0.29) is 11.7 Å². The summed E-state index contributed by atoms with van der Waals surface area (Å²) >= 11 is 1.36. The number of amides is 1. The van der Waals surface area contributed by atoms with Crippen molar-refractivity contribution in [1.29, 1.82) is 0 Å². The Labute approximate surface area is 119 Å². The summed E-state index contributed by atoms with van der Waals surface area (Å²) in [7, 11) is -0.765. The number of hydrogen-bond acceptors (Lipinski definition) is 3. The SMILES string of the molecule is O=C(CCSc1ccccc1F)N1CCS(=O)CC1. The van der Waals surface area contributed by atoms with Crippen molar-refractivity contribution in [3.8, 4) is 0 Å². The molecule has 0 aliphatic carbocycles. The summed E-state index contributed by atoms with van der Waals surface area (Å²) in [5.74, 6) is 1.55. The Morgan fingerprint density at radius 2 is 2.00 bits per heavy atom. The van der Waals surface area contributed by atoms with Gasteiger partial charge in [0.2, 0.25) is 5.91 Å². The van der Waals surface area contributed by atoms with Gasteiger partial charge >= 0.3 is 0 Å². The monoisotopic (exact) mass is 301 g/mol. The summed E-state index contributed by atoms with van der Waals surface area (Å²) in [6.07, 6.45) is 0.394. The molecule has 0 bridgehead atoms. The van der Waals surface area contributed by atoms with Crippen molar-refractivity contribution in [2.24, 2.45) is 0 Å². The molecule has 0 spiro atoms. The highest BCUT2D eigenvalue weighted by molar-refractivity contribution is 7.99. The van der Waals surface area contributed by atoms with Gasteiger partial charge in [0, 0.05) is 52.5 Å². The first-order chi connectivity index (χ1) is 9.16. The van der Waals surface area contributed by atoms with Crippen LogP contribution in [0.4, 0.5) is 4.39 Å². The van der Waals surface area contributed by atoms with Crippen LogP contribution in [0, 0.1) is 5.82 Å². The van der Waals surface area contributed by atoms with Crippen LogP contribution < -0.4 is 0 Å². The van der Waals surface area contributed by atoms with Gasteiger partial charge in [-0.05, 0) is 12.1 Å². The van der Waals surface area contributed by atoms with Gasteiger partial charge in [-0.3, -0.25) is 9.00 Å². The molecular weight excluding hydrogens is 285 g/mol. The van der Waals surface area contributed by atoms with Gasteiger partial charge in [-0.1, -0.05) is 12.1 Å². The lowest BCUT2D eigenvalue weighted by Crippen LogP contribution is -2.41. The van der Waals surface area contributed by atoms with Crippen molar-refractivity contribution >= 4 is 28.5 Å². The molecule has 0 atom stereocenters. The molecule has 6 heteroatoms. The fourth-order valence-corrected chi connectivity index (χ4v) is 3.78. The van der Waals surface area contributed by atoms with Crippen molar-refractivity contribution in [3.05, 3.63) is 30.1 Å². The van der Waals surface area contributed by atoms with Crippen LogP contribution in [0.2, 0.25) is 0 Å². The lowest BCUT2D eigenvalue weighted by atomic mass is 10.3. The normalized spacial score (nSPS) is 16.6. The second-order valence-corrected chi connectivity index (χ2v) is 7.09. The largest absolute Gasteiger partial charge is 0.341 e. The fourth-order valence-electron chi connectivity index (χ4n) is 1.86. The first-order valence-electron chi connectivity index (χ1n) is 6.17. The van der Waals surface area contributed by atoms with Gasteiger partial charge < -0.3 is 4.90 Å². The van der Waals surface area contributed by atoms with Gasteiger partial charge in [-0.25, -0.2) is 4.39 Å². The Hall–Kier alpha value is -0.880. The van der Waals surface area contributed by atoms with Crippen molar-refractivity contribution in [2.45, 2.75) is 11.3 Å². The quantitative estimate of drug-likeness (QED) is 0.797. The molecule has 0 radical (unpaired) electrons. The molecule has 0 saturated carbocycles. The molecule has 1 aromatic carbocycles. The predicted molar refractivity (Wildman–Crippen MR) is 76.2 cm³/mol. The number of carbonyl (C=O) groups excluding carboxylic acids is 1. The third kappa shape index (κ3) is 4.31. The van der Waals surface area contributed by atoms with Crippen LogP contribution in [-0.2, 0) is 15.6 Å². The second kappa shape index (κ2) is 7.05. The highest BCUT2D eigenvalue weighted by Crippen LogP contribution is 2.22. The average Bonchev–Trinajstić information content (AvgIpc) is 2.41. The van der Waals surface area contributed by atoms with E-state index in [0.29, 0.717) is 41.7 Å². The molecule has 1 fully saturated rings. The van der Waals surface area contributed by atoms with E-state index in [4.69, 9.17) is 0 Å². The van der Waals surface area contributed by atoms with E-state index in [9.17, 15) is 13.4 Å². The molecule has 1 aliphatic rings. The van der Waals surface area contributed by atoms with Crippen molar-refractivity contribution in [2.75, 3.05) is 30.3 Å². The molecule has 3 nitrogen and oxygen atoms in total. The van der Waals surface area contributed by atoms with Gasteiger partial charge in [-0.15, -0.1) is 11.8 Å².